The van der Waals surface area contributed by atoms with Gasteiger partial charge in [0.05, 0.1) is 5.56 Å². The first-order valence-corrected chi connectivity index (χ1v) is 6.80. The highest BCUT2D eigenvalue weighted by atomic mass is 19.1. The van der Waals surface area contributed by atoms with Crippen molar-refractivity contribution in [3.63, 3.8) is 0 Å². The number of nitrogens with one attached hydrogen (secondary N) is 1. The molecule has 0 spiro atoms. The number of ketones is 1. The summed E-state index contributed by atoms with van der Waals surface area (Å²) in [7, 11) is 0. The van der Waals surface area contributed by atoms with Crippen LogP contribution in [0.3, 0.4) is 0 Å². The van der Waals surface area contributed by atoms with Crippen LogP contribution in [0.25, 0.3) is 0 Å². The Morgan fingerprint density at radius 2 is 1.70 bits per heavy atom. The summed E-state index contributed by atoms with van der Waals surface area (Å²) >= 11 is 0. The van der Waals surface area contributed by atoms with E-state index < -0.39 is 24.2 Å². The van der Waals surface area contributed by atoms with E-state index >= 15 is 0 Å². The van der Waals surface area contributed by atoms with Crippen LogP contribution in [0.4, 0.5) is 10.1 Å². The second kappa shape index (κ2) is 7.31. The van der Waals surface area contributed by atoms with E-state index in [2.05, 4.69) is 5.32 Å². The van der Waals surface area contributed by atoms with Gasteiger partial charge in [-0.15, -0.1) is 0 Å². The van der Waals surface area contributed by atoms with Crippen molar-refractivity contribution in [1.29, 1.82) is 0 Å². The van der Waals surface area contributed by atoms with E-state index in [0.29, 0.717) is 11.3 Å². The van der Waals surface area contributed by atoms with Gasteiger partial charge in [0.15, 0.2) is 12.4 Å². The first kappa shape index (κ1) is 16.4. The molecule has 118 valence electrons. The van der Waals surface area contributed by atoms with Gasteiger partial charge in [-0.1, -0.05) is 12.1 Å². The summed E-state index contributed by atoms with van der Waals surface area (Å²) in [5, 5.41) is 2.57. The van der Waals surface area contributed by atoms with Crippen molar-refractivity contribution < 1.29 is 23.5 Å². The second-order valence-corrected chi connectivity index (χ2v) is 4.74. The summed E-state index contributed by atoms with van der Waals surface area (Å²) in [5.41, 5.74) is 0.652. The number of Topliss-reactive ketones (excluding diaryl/α,β-unsaturated/α-hetero) is 1. The zero-order valence-corrected chi connectivity index (χ0v) is 12.3. The Morgan fingerprint density at radius 3 is 2.30 bits per heavy atom. The molecule has 0 bridgehead atoms. The molecule has 2 aromatic rings. The van der Waals surface area contributed by atoms with Crippen molar-refractivity contribution >= 4 is 23.3 Å². The van der Waals surface area contributed by atoms with Crippen LogP contribution in [0.1, 0.15) is 27.6 Å². The average molecular weight is 315 g/mol. The van der Waals surface area contributed by atoms with Gasteiger partial charge in [0.1, 0.15) is 5.82 Å². The van der Waals surface area contributed by atoms with E-state index in [1.54, 1.807) is 12.1 Å². The van der Waals surface area contributed by atoms with Gasteiger partial charge in [-0.2, -0.15) is 0 Å². The molecular weight excluding hydrogens is 301 g/mol. The third-order valence-electron chi connectivity index (χ3n) is 2.96. The van der Waals surface area contributed by atoms with E-state index in [1.807, 2.05) is 0 Å². The first-order chi connectivity index (χ1) is 11.0. The highest BCUT2D eigenvalue weighted by molar-refractivity contribution is 6.00. The molecule has 0 saturated carbocycles. The van der Waals surface area contributed by atoms with E-state index in [0.717, 1.165) is 6.07 Å². The van der Waals surface area contributed by atoms with Gasteiger partial charge in [0.2, 0.25) is 5.91 Å². The Balaban J connectivity index is 1.95. The molecule has 0 unspecified atom stereocenters. The van der Waals surface area contributed by atoms with Crippen LogP contribution in [-0.2, 0) is 9.53 Å². The van der Waals surface area contributed by atoms with Crippen molar-refractivity contribution in [2.75, 3.05) is 11.9 Å². The lowest BCUT2D eigenvalue weighted by Gasteiger charge is -2.06. The number of carbonyl (C=O) groups excluding carboxylic acids is 3. The van der Waals surface area contributed by atoms with Crippen LogP contribution < -0.4 is 5.32 Å². The molecule has 2 rings (SSSR count). The lowest BCUT2D eigenvalue weighted by molar-refractivity contribution is -0.114. The standard InChI is InChI=1S/C17H14FNO4/c1-11(20)19-13-8-6-12(7-9-13)16(21)10-23-17(22)14-4-2-3-5-15(14)18/h2-9H,10H2,1H3,(H,19,20). The van der Waals surface area contributed by atoms with Gasteiger partial charge in [-0.05, 0) is 36.4 Å². The van der Waals surface area contributed by atoms with Gasteiger partial charge >= 0.3 is 5.97 Å². The third-order valence-corrected chi connectivity index (χ3v) is 2.96. The van der Waals surface area contributed by atoms with Crippen molar-refractivity contribution in [2.45, 2.75) is 6.92 Å². The summed E-state index contributed by atoms with van der Waals surface area (Å²) in [4.78, 5) is 34.6. The number of hydrogen-bond acceptors (Lipinski definition) is 4. The number of amides is 1. The van der Waals surface area contributed by atoms with E-state index in [9.17, 15) is 18.8 Å². The van der Waals surface area contributed by atoms with Crippen LogP contribution >= 0.6 is 0 Å². The SMILES string of the molecule is CC(=O)Nc1ccc(C(=O)COC(=O)c2ccccc2F)cc1. The molecule has 0 fully saturated rings. The molecule has 5 nitrogen and oxygen atoms in total. The van der Waals surface area contributed by atoms with Crippen LogP contribution in [0.5, 0.6) is 0 Å². The topological polar surface area (TPSA) is 72.5 Å². The molecule has 0 aromatic heterocycles. The Bertz CT molecular complexity index is 741. The largest absolute Gasteiger partial charge is 0.454 e. The number of benzene rings is 2. The molecule has 1 amide bonds. The average Bonchev–Trinajstić information content (AvgIpc) is 2.53. The predicted molar refractivity (Wildman–Crippen MR) is 81.8 cm³/mol. The Hall–Kier alpha value is -3.02. The maximum absolute atomic E-state index is 13.4. The molecule has 0 aliphatic heterocycles. The monoisotopic (exact) mass is 315 g/mol. The molecular formula is C17H14FNO4. The highest BCUT2D eigenvalue weighted by Gasteiger charge is 2.15. The summed E-state index contributed by atoms with van der Waals surface area (Å²) < 4.78 is 18.2. The fourth-order valence-corrected chi connectivity index (χ4v) is 1.86. The fourth-order valence-electron chi connectivity index (χ4n) is 1.86. The minimum absolute atomic E-state index is 0.220. The predicted octanol–water partition coefficient (Wildman–Crippen LogP) is 2.82. The number of esters is 1. The van der Waals surface area contributed by atoms with Crippen molar-refractivity contribution in [3.05, 3.63) is 65.5 Å². The summed E-state index contributed by atoms with van der Waals surface area (Å²) in [5.74, 6) is -2.25. The minimum atomic E-state index is -0.897. The number of carbonyl (C=O) groups is 3. The smallest absolute Gasteiger partial charge is 0.341 e. The second-order valence-electron chi connectivity index (χ2n) is 4.74. The van der Waals surface area contributed by atoms with E-state index in [-0.39, 0.29) is 11.5 Å². The molecule has 0 aliphatic carbocycles. The number of halogens is 1. The lowest BCUT2D eigenvalue weighted by Crippen LogP contribution is -2.15. The fraction of sp³-hybridized carbons (Fsp3) is 0.118. The number of ether oxygens (including phenoxy) is 1. The molecule has 0 atom stereocenters. The first-order valence-electron chi connectivity index (χ1n) is 6.80. The van der Waals surface area contributed by atoms with Crippen LogP contribution in [0, 0.1) is 5.82 Å². The van der Waals surface area contributed by atoms with Gasteiger partial charge in [0, 0.05) is 18.2 Å². The quantitative estimate of drug-likeness (QED) is 0.680. The summed E-state index contributed by atoms with van der Waals surface area (Å²) in [6.45, 7) is 0.883. The van der Waals surface area contributed by atoms with Crippen molar-refractivity contribution in [3.8, 4) is 0 Å². The van der Waals surface area contributed by atoms with Crippen LogP contribution in [-0.4, -0.2) is 24.3 Å². The zero-order chi connectivity index (χ0) is 16.8. The third kappa shape index (κ3) is 4.47. The van der Waals surface area contributed by atoms with Crippen LogP contribution in [0.15, 0.2) is 48.5 Å². The van der Waals surface area contributed by atoms with E-state index in [1.165, 1.54) is 37.3 Å². The molecule has 0 saturated heterocycles. The molecule has 23 heavy (non-hydrogen) atoms. The van der Waals surface area contributed by atoms with Crippen molar-refractivity contribution in [1.82, 2.24) is 0 Å². The molecule has 2 aromatic carbocycles. The van der Waals surface area contributed by atoms with Gasteiger partial charge in [-0.3, -0.25) is 9.59 Å². The van der Waals surface area contributed by atoms with Crippen LogP contribution in [0.2, 0.25) is 0 Å². The van der Waals surface area contributed by atoms with Gasteiger partial charge in [0.25, 0.3) is 0 Å². The van der Waals surface area contributed by atoms with Gasteiger partial charge < -0.3 is 10.1 Å². The number of hydrogen-bond donors (Lipinski definition) is 1. The maximum atomic E-state index is 13.4. The molecule has 1 N–H and O–H groups in total. The molecule has 0 radical (unpaired) electrons. The van der Waals surface area contributed by atoms with Crippen molar-refractivity contribution in [2.24, 2.45) is 0 Å². The van der Waals surface area contributed by atoms with Gasteiger partial charge in [-0.25, -0.2) is 9.18 Å². The summed E-state index contributed by atoms with van der Waals surface area (Å²) in [6, 6.07) is 11.5. The lowest BCUT2D eigenvalue weighted by atomic mass is 10.1. The Kier molecular flexibility index (Phi) is 5.19. The summed E-state index contributed by atoms with van der Waals surface area (Å²) in [6.07, 6.45) is 0. The normalized spacial score (nSPS) is 10.0. The number of rotatable bonds is 5. The molecule has 0 heterocycles. The Morgan fingerprint density at radius 1 is 1.04 bits per heavy atom. The highest BCUT2D eigenvalue weighted by Crippen LogP contribution is 2.11. The zero-order valence-electron chi connectivity index (χ0n) is 12.3. The molecule has 6 heteroatoms. The minimum Gasteiger partial charge on any atom is -0.454 e. The molecule has 0 aliphatic rings. The maximum Gasteiger partial charge on any atom is 0.341 e. The Labute approximate surface area is 132 Å². The number of anilines is 1. The van der Waals surface area contributed by atoms with E-state index in [4.69, 9.17) is 4.74 Å².